The maximum absolute atomic E-state index is 12.8. The molecule has 0 fully saturated rings. The zero-order chi connectivity index (χ0) is 39.4. The molecule has 56 heavy (non-hydrogen) atoms. The highest BCUT2D eigenvalue weighted by Crippen LogP contribution is 2.36. The van der Waals surface area contributed by atoms with Crippen LogP contribution < -0.4 is 29.6 Å². The molecular formula is C43H49N3O10. The summed E-state index contributed by atoms with van der Waals surface area (Å²) in [6, 6.07) is 21.7. The highest BCUT2D eigenvalue weighted by atomic mass is 16.5. The predicted octanol–water partition coefficient (Wildman–Crippen LogP) is 6.65. The number of aliphatic hydroxyl groups is 4. The van der Waals surface area contributed by atoms with E-state index in [1.165, 1.54) is 0 Å². The number of amides is 1. The van der Waals surface area contributed by atoms with Crippen molar-refractivity contribution in [2.45, 2.75) is 71.1 Å². The number of fused-ring (bicyclic) bond motifs is 1. The average molecular weight is 768 g/mol. The molecular weight excluding hydrogens is 718 g/mol. The molecule has 1 amide bonds. The molecule has 0 aliphatic carbocycles. The molecule has 1 aromatic heterocycles. The van der Waals surface area contributed by atoms with Crippen LogP contribution in [0.1, 0.15) is 82.9 Å². The Kier molecular flexibility index (Phi) is 13.8. The van der Waals surface area contributed by atoms with Gasteiger partial charge in [0.25, 0.3) is 5.91 Å². The molecule has 0 radical (unpaired) electrons. The van der Waals surface area contributed by atoms with E-state index in [0.717, 1.165) is 49.7 Å². The van der Waals surface area contributed by atoms with E-state index >= 15 is 0 Å². The summed E-state index contributed by atoms with van der Waals surface area (Å²) in [5.41, 5.74) is 6.22. The number of rotatable bonds is 20. The van der Waals surface area contributed by atoms with Crippen molar-refractivity contribution in [2.24, 2.45) is 0 Å². The second-order valence-electron chi connectivity index (χ2n) is 13.5. The molecule has 1 aliphatic heterocycles. The van der Waals surface area contributed by atoms with Crippen LogP contribution >= 0.6 is 0 Å². The number of anilines is 1. The van der Waals surface area contributed by atoms with Gasteiger partial charge in [-0.1, -0.05) is 36.9 Å². The third-order valence-electron chi connectivity index (χ3n) is 9.88. The molecule has 296 valence electrons. The average Bonchev–Trinajstić information content (AvgIpc) is 3.74. The molecule has 0 saturated carbocycles. The summed E-state index contributed by atoms with van der Waals surface area (Å²) >= 11 is 0. The Labute approximate surface area is 325 Å². The molecule has 1 atom stereocenters. The van der Waals surface area contributed by atoms with Gasteiger partial charge in [-0.25, -0.2) is 0 Å². The monoisotopic (exact) mass is 767 g/mol. The minimum atomic E-state index is -0.442. The van der Waals surface area contributed by atoms with Crippen LogP contribution in [0.25, 0.3) is 22.6 Å². The van der Waals surface area contributed by atoms with Crippen molar-refractivity contribution in [3.8, 4) is 45.6 Å². The fourth-order valence-corrected chi connectivity index (χ4v) is 6.77. The van der Waals surface area contributed by atoms with Crippen LogP contribution in [-0.2, 0) is 26.4 Å². The van der Waals surface area contributed by atoms with Crippen LogP contribution in [0.2, 0.25) is 0 Å². The Hall–Kier alpha value is -5.60. The van der Waals surface area contributed by atoms with E-state index in [0.29, 0.717) is 86.7 Å². The molecule has 4 aromatic carbocycles. The first-order valence-electron chi connectivity index (χ1n) is 18.8. The van der Waals surface area contributed by atoms with Crippen molar-refractivity contribution in [3.63, 3.8) is 0 Å². The lowest BCUT2D eigenvalue weighted by atomic mass is 9.97. The summed E-state index contributed by atoms with van der Waals surface area (Å²) in [6.07, 6.45) is 5.47. The molecule has 0 spiro atoms. The van der Waals surface area contributed by atoms with E-state index < -0.39 is 6.17 Å². The zero-order valence-electron chi connectivity index (χ0n) is 31.7. The highest BCUT2D eigenvalue weighted by Gasteiger charge is 2.26. The third-order valence-corrected chi connectivity index (χ3v) is 9.88. The lowest BCUT2D eigenvalue weighted by Crippen LogP contribution is -2.38. The van der Waals surface area contributed by atoms with Gasteiger partial charge in [-0.05, 0) is 95.8 Å². The number of ether oxygens (including phenoxy) is 4. The Morgan fingerprint density at radius 2 is 1.32 bits per heavy atom. The van der Waals surface area contributed by atoms with Crippen LogP contribution in [0.15, 0.2) is 77.3 Å². The van der Waals surface area contributed by atoms with Crippen molar-refractivity contribution >= 4 is 11.6 Å². The van der Waals surface area contributed by atoms with E-state index in [1.807, 2.05) is 42.5 Å². The van der Waals surface area contributed by atoms with Gasteiger partial charge in [0.15, 0.2) is 17.3 Å². The number of aromatic nitrogens is 1. The lowest BCUT2D eigenvalue weighted by molar-refractivity contribution is 0.0935. The fraction of sp³-hybridized carbons (Fsp3) is 0.349. The first-order valence-corrected chi connectivity index (χ1v) is 18.8. The largest absolute Gasteiger partial charge is 0.497 e. The van der Waals surface area contributed by atoms with E-state index in [2.05, 4.69) is 15.8 Å². The molecule has 13 nitrogen and oxygen atoms in total. The van der Waals surface area contributed by atoms with Gasteiger partial charge in [0, 0.05) is 28.4 Å². The van der Waals surface area contributed by atoms with Crippen molar-refractivity contribution < 1.29 is 48.7 Å². The van der Waals surface area contributed by atoms with Gasteiger partial charge >= 0.3 is 0 Å². The Balaban J connectivity index is 0.922. The van der Waals surface area contributed by atoms with Gasteiger partial charge in [0.05, 0.1) is 59.4 Å². The summed E-state index contributed by atoms with van der Waals surface area (Å²) in [7, 11) is 3.16. The number of hydrogen-bond acceptors (Lipinski definition) is 12. The number of benzene rings is 4. The summed E-state index contributed by atoms with van der Waals surface area (Å²) in [6.45, 7) is 0.0218. The normalized spacial score (nSPS) is 13.5. The van der Waals surface area contributed by atoms with Gasteiger partial charge in [0.1, 0.15) is 23.4 Å². The third kappa shape index (κ3) is 9.43. The van der Waals surface area contributed by atoms with Gasteiger partial charge < -0.3 is 54.5 Å². The minimum Gasteiger partial charge on any atom is -0.497 e. The molecule has 6 N–H and O–H groups in total. The number of unbranched alkanes of at least 4 members (excludes halogenated alkanes) is 5. The standard InChI is InChI=1S/C43H49N3O10/c1-52-33-11-12-36-34(21-33)43(51)45-42(44-36)28-10-13-38(32(17-28)25-49)54-15-7-5-3-4-6-8-16-55-41-20-27(9-14-39(41)53-2)37-22-40(56-46-37)29-18-30(23-47)35(26-50)31(19-29)24-48/h9-14,17-22,42,44,47-50H,3-8,15-16,23-26H2,1-2H3,(H,45,51). The van der Waals surface area contributed by atoms with Crippen LogP contribution in [-0.4, -0.2) is 58.9 Å². The zero-order valence-corrected chi connectivity index (χ0v) is 31.7. The van der Waals surface area contributed by atoms with E-state index in [4.69, 9.17) is 23.5 Å². The van der Waals surface area contributed by atoms with Gasteiger partial charge in [0.2, 0.25) is 0 Å². The predicted molar refractivity (Wildman–Crippen MR) is 210 cm³/mol. The van der Waals surface area contributed by atoms with Crippen LogP contribution in [0.5, 0.6) is 23.0 Å². The summed E-state index contributed by atoms with van der Waals surface area (Å²) in [5.74, 6) is 2.71. The van der Waals surface area contributed by atoms with Crippen molar-refractivity contribution in [3.05, 3.63) is 106 Å². The lowest BCUT2D eigenvalue weighted by Gasteiger charge is -2.29. The van der Waals surface area contributed by atoms with Crippen LogP contribution in [0.3, 0.4) is 0 Å². The number of methoxy groups -OCH3 is 2. The maximum Gasteiger partial charge on any atom is 0.255 e. The number of hydrogen-bond donors (Lipinski definition) is 6. The second kappa shape index (κ2) is 19.3. The Morgan fingerprint density at radius 1 is 0.643 bits per heavy atom. The summed E-state index contributed by atoms with van der Waals surface area (Å²) in [5, 5.41) is 49.9. The maximum atomic E-state index is 12.8. The van der Waals surface area contributed by atoms with Gasteiger partial charge in [-0.2, -0.15) is 0 Å². The van der Waals surface area contributed by atoms with Crippen molar-refractivity contribution in [1.29, 1.82) is 0 Å². The highest BCUT2D eigenvalue weighted by molar-refractivity contribution is 6.02. The quantitative estimate of drug-likeness (QED) is 0.0465. The number of aliphatic hydroxyl groups excluding tert-OH is 4. The molecule has 0 bridgehead atoms. The van der Waals surface area contributed by atoms with Crippen LogP contribution in [0.4, 0.5) is 5.69 Å². The first-order chi connectivity index (χ1) is 27.4. The fourth-order valence-electron chi connectivity index (χ4n) is 6.77. The van der Waals surface area contributed by atoms with Crippen LogP contribution in [0, 0.1) is 0 Å². The number of carbonyl (C=O) groups is 1. The molecule has 5 aromatic rings. The number of nitrogens with zero attached hydrogens (tertiary/aromatic N) is 1. The molecule has 2 heterocycles. The van der Waals surface area contributed by atoms with Gasteiger partial charge in [-0.3, -0.25) is 4.79 Å². The smallest absolute Gasteiger partial charge is 0.255 e. The molecule has 13 heteroatoms. The second-order valence-corrected chi connectivity index (χ2v) is 13.5. The number of nitrogens with one attached hydrogen (secondary N) is 2. The van der Waals surface area contributed by atoms with Gasteiger partial charge in [-0.15, -0.1) is 0 Å². The summed E-state index contributed by atoms with van der Waals surface area (Å²) in [4.78, 5) is 12.8. The minimum absolute atomic E-state index is 0.182. The van der Waals surface area contributed by atoms with Crippen molar-refractivity contribution in [2.75, 3.05) is 32.8 Å². The first kappa shape index (κ1) is 40.1. The van der Waals surface area contributed by atoms with E-state index in [-0.39, 0.29) is 32.3 Å². The Bertz CT molecular complexity index is 2070. The topological polar surface area (TPSA) is 185 Å². The Morgan fingerprint density at radius 3 is 1.98 bits per heavy atom. The molecule has 1 aliphatic rings. The molecule has 1 unspecified atom stereocenters. The molecule has 0 saturated heterocycles. The SMILES string of the molecule is COc1ccc2c(c1)C(=O)NC(c1ccc(OCCCCCCCCOc3cc(-c4cc(-c5cc(CO)c(CO)c(CO)c5)on4)ccc3OC)c(CO)c1)N2. The summed E-state index contributed by atoms with van der Waals surface area (Å²) < 4.78 is 28.6. The van der Waals surface area contributed by atoms with E-state index in [9.17, 15) is 25.2 Å². The van der Waals surface area contributed by atoms with E-state index in [1.54, 1.807) is 44.6 Å². The molecule has 6 rings (SSSR count). The van der Waals surface area contributed by atoms with Crippen molar-refractivity contribution in [1.82, 2.24) is 10.5 Å². The number of carbonyl (C=O) groups excluding carboxylic acids is 1.